The molecule has 7 nitrogen and oxygen atoms in total. The molecule has 2 atom stereocenters. The predicted octanol–water partition coefficient (Wildman–Crippen LogP) is 0.359. The number of piperazine rings is 1. The largest absolute Gasteiger partial charge is 0.481 e. The van der Waals surface area contributed by atoms with Crippen molar-refractivity contribution < 1.29 is 19.5 Å². The van der Waals surface area contributed by atoms with Crippen LogP contribution in [-0.4, -0.2) is 65.0 Å². The minimum atomic E-state index is -0.931. The van der Waals surface area contributed by atoms with Crippen molar-refractivity contribution in [2.75, 3.05) is 26.2 Å². The van der Waals surface area contributed by atoms with Crippen molar-refractivity contribution in [1.29, 1.82) is 0 Å². The normalized spacial score (nSPS) is 20.2. The highest BCUT2D eigenvalue weighted by Gasteiger charge is 2.34. The third-order valence-corrected chi connectivity index (χ3v) is 3.53. The Bertz CT molecular complexity index is 386. The maximum absolute atomic E-state index is 12.5. The number of hydrogen-bond acceptors (Lipinski definition) is 3. The molecule has 114 valence electrons. The van der Waals surface area contributed by atoms with E-state index >= 15 is 0 Å². The van der Waals surface area contributed by atoms with Crippen molar-refractivity contribution >= 4 is 17.9 Å². The molecule has 0 aromatic rings. The Balaban J connectivity index is 2.78. The smallest absolute Gasteiger partial charge is 0.320 e. The standard InChI is InChI=1S/C13H23N3O4/c1-4-10-11(17)14-6-7-16(10)13(20)15(5-2)8-9(3)12(18)19/h9-10H,4-8H2,1-3H3,(H,14,17)(H,18,19). The van der Waals surface area contributed by atoms with Gasteiger partial charge in [0.25, 0.3) is 0 Å². The summed E-state index contributed by atoms with van der Waals surface area (Å²) < 4.78 is 0. The summed E-state index contributed by atoms with van der Waals surface area (Å²) in [6.45, 7) is 6.69. The number of carbonyl (C=O) groups excluding carboxylic acids is 2. The van der Waals surface area contributed by atoms with Gasteiger partial charge in [0.15, 0.2) is 0 Å². The van der Waals surface area contributed by atoms with E-state index in [1.54, 1.807) is 13.8 Å². The van der Waals surface area contributed by atoms with E-state index in [1.807, 2.05) is 6.92 Å². The third-order valence-electron chi connectivity index (χ3n) is 3.53. The number of rotatable bonds is 5. The van der Waals surface area contributed by atoms with Crippen molar-refractivity contribution in [3.05, 3.63) is 0 Å². The summed E-state index contributed by atoms with van der Waals surface area (Å²) in [7, 11) is 0. The molecule has 1 saturated heterocycles. The second-order valence-corrected chi connectivity index (χ2v) is 4.97. The fourth-order valence-corrected chi connectivity index (χ4v) is 2.28. The zero-order valence-electron chi connectivity index (χ0n) is 12.3. The molecule has 0 aliphatic carbocycles. The Kier molecular flexibility index (Phi) is 5.79. The van der Waals surface area contributed by atoms with Crippen LogP contribution >= 0.6 is 0 Å². The number of nitrogens with zero attached hydrogens (tertiary/aromatic N) is 2. The second kappa shape index (κ2) is 7.12. The summed E-state index contributed by atoms with van der Waals surface area (Å²) in [5.41, 5.74) is 0. The number of carboxylic acid groups (broad SMARTS) is 1. The molecule has 2 unspecified atom stereocenters. The molecule has 1 aliphatic rings. The Morgan fingerprint density at radius 2 is 2.15 bits per heavy atom. The van der Waals surface area contributed by atoms with E-state index in [4.69, 9.17) is 5.11 Å². The molecule has 1 aliphatic heterocycles. The van der Waals surface area contributed by atoms with Gasteiger partial charge in [-0.1, -0.05) is 13.8 Å². The van der Waals surface area contributed by atoms with Gasteiger partial charge >= 0.3 is 12.0 Å². The minimum Gasteiger partial charge on any atom is -0.481 e. The third kappa shape index (κ3) is 3.61. The van der Waals surface area contributed by atoms with Gasteiger partial charge in [-0.15, -0.1) is 0 Å². The van der Waals surface area contributed by atoms with Crippen molar-refractivity contribution in [1.82, 2.24) is 15.1 Å². The quantitative estimate of drug-likeness (QED) is 0.763. The summed E-state index contributed by atoms with van der Waals surface area (Å²) in [5.74, 6) is -1.70. The van der Waals surface area contributed by atoms with Crippen LogP contribution in [-0.2, 0) is 9.59 Å². The molecular weight excluding hydrogens is 262 g/mol. The molecule has 0 saturated carbocycles. The van der Waals surface area contributed by atoms with Crippen molar-refractivity contribution in [2.45, 2.75) is 33.2 Å². The molecule has 3 amide bonds. The first-order valence-corrected chi connectivity index (χ1v) is 6.98. The van der Waals surface area contributed by atoms with E-state index in [0.29, 0.717) is 26.1 Å². The second-order valence-electron chi connectivity index (χ2n) is 4.97. The highest BCUT2D eigenvalue weighted by Crippen LogP contribution is 2.13. The van der Waals surface area contributed by atoms with Crippen molar-refractivity contribution in [2.24, 2.45) is 5.92 Å². The molecular formula is C13H23N3O4. The first-order valence-electron chi connectivity index (χ1n) is 6.98. The predicted molar refractivity (Wildman–Crippen MR) is 73.2 cm³/mol. The molecule has 7 heteroatoms. The lowest BCUT2D eigenvalue weighted by molar-refractivity contribution is -0.141. The lowest BCUT2D eigenvalue weighted by Crippen LogP contribution is -2.60. The van der Waals surface area contributed by atoms with Crippen LogP contribution in [0.15, 0.2) is 0 Å². The number of hydrogen-bond donors (Lipinski definition) is 2. The lowest BCUT2D eigenvalue weighted by atomic mass is 10.1. The first-order chi connectivity index (χ1) is 9.42. The van der Waals surface area contributed by atoms with Crippen LogP contribution in [0.1, 0.15) is 27.2 Å². The SMILES string of the molecule is CCC1C(=O)NCCN1C(=O)N(CC)CC(C)C(=O)O. The van der Waals surface area contributed by atoms with E-state index in [2.05, 4.69) is 5.32 Å². The van der Waals surface area contributed by atoms with Crippen molar-refractivity contribution in [3.8, 4) is 0 Å². The van der Waals surface area contributed by atoms with Crippen molar-refractivity contribution in [3.63, 3.8) is 0 Å². The van der Waals surface area contributed by atoms with Gasteiger partial charge in [0.2, 0.25) is 5.91 Å². The maximum Gasteiger partial charge on any atom is 0.320 e. The van der Waals surface area contributed by atoms with Crippen LogP contribution in [0, 0.1) is 5.92 Å². The molecule has 0 bridgehead atoms. The van der Waals surface area contributed by atoms with Gasteiger partial charge in [-0.3, -0.25) is 9.59 Å². The van der Waals surface area contributed by atoms with Gasteiger partial charge in [0.05, 0.1) is 5.92 Å². The average molecular weight is 285 g/mol. The maximum atomic E-state index is 12.5. The average Bonchev–Trinajstić information content (AvgIpc) is 2.43. The van der Waals surface area contributed by atoms with Gasteiger partial charge in [-0.2, -0.15) is 0 Å². The van der Waals surface area contributed by atoms with E-state index in [0.717, 1.165) is 0 Å². The molecule has 0 aromatic heterocycles. The molecule has 0 spiro atoms. The zero-order chi connectivity index (χ0) is 15.3. The highest BCUT2D eigenvalue weighted by molar-refractivity contribution is 5.88. The minimum absolute atomic E-state index is 0.144. The number of carboxylic acids is 1. The Morgan fingerprint density at radius 3 is 2.65 bits per heavy atom. The van der Waals surface area contributed by atoms with Crippen LogP contribution in [0.3, 0.4) is 0 Å². The summed E-state index contributed by atoms with van der Waals surface area (Å²) in [4.78, 5) is 38.2. The number of amides is 3. The zero-order valence-corrected chi connectivity index (χ0v) is 12.3. The summed E-state index contributed by atoms with van der Waals surface area (Å²) >= 11 is 0. The van der Waals surface area contributed by atoms with Crippen LogP contribution < -0.4 is 5.32 Å². The molecule has 1 rings (SSSR count). The molecule has 0 radical (unpaired) electrons. The Labute approximate surface area is 118 Å². The molecule has 1 heterocycles. The first kappa shape index (κ1) is 16.3. The van der Waals surface area contributed by atoms with Crippen LogP contribution in [0.25, 0.3) is 0 Å². The van der Waals surface area contributed by atoms with Gasteiger partial charge in [-0.05, 0) is 13.3 Å². The fraction of sp³-hybridized carbons (Fsp3) is 0.769. The van der Waals surface area contributed by atoms with Crippen LogP contribution in [0.4, 0.5) is 4.79 Å². The van der Waals surface area contributed by atoms with Crippen LogP contribution in [0.2, 0.25) is 0 Å². The number of urea groups is 1. The van der Waals surface area contributed by atoms with Gasteiger partial charge in [-0.25, -0.2) is 4.79 Å². The summed E-state index contributed by atoms with van der Waals surface area (Å²) in [5, 5.41) is 11.7. The molecule has 1 fully saturated rings. The molecule has 0 aromatic carbocycles. The number of aliphatic carboxylic acids is 1. The highest BCUT2D eigenvalue weighted by atomic mass is 16.4. The van der Waals surface area contributed by atoms with E-state index in [9.17, 15) is 14.4 Å². The number of carbonyl (C=O) groups is 3. The molecule has 2 N–H and O–H groups in total. The van der Waals surface area contributed by atoms with Gasteiger partial charge in [0, 0.05) is 26.2 Å². The fourth-order valence-electron chi connectivity index (χ4n) is 2.28. The summed E-state index contributed by atoms with van der Waals surface area (Å²) in [6.07, 6.45) is 0.545. The Hall–Kier alpha value is -1.79. The van der Waals surface area contributed by atoms with Gasteiger partial charge in [0.1, 0.15) is 6.04 Å². The van der Waals surface area contributed by atoms with Gasteiger partial charge < -0.3 is 20.2 Å². The van der Waals surface area contributed by atoms with E-state index < -0.39 is 17.9 Å². The molecule has 20 heavy (non-hydrogen) atoms. The van der Waals surface area contributed by atoms with E-state index in [1.165, 1.54) is 9.80 Å². The summed E-state index contributed by atoms with van der Waals surface area (Å²) in [6, 6.07) is -0.729. The lowest BCUT2D eigenvalue weighted by Gasteiger charge is -2.38. The van der Waals surface area contributed by atoms with E-state index in [-0.39, 0.29) is 18.5 Å². The van der Waals surface area contributed by atoms with Crippen LogP contribution in [0.5, 0.6) is 0 Å². The monoisotopic (exact) mass is 285 g/mol. The number of nitrogens with one attached hydrogen (secondary N) is 1. The Morgan fingerprint density at radius 1 is 1.50 bits per heavy atom. The topological polar surface area (TPSA) is 90.0 Å².